The fourth-order valence-electron chi connectivity index (χ4n) is 2.14. The number of rotatable bonds is 6. The zero-order chi connectivity index (χ0) is 16.3. The van der Waals surface area contributed by atoms with Crippen molar-refractivity contribution in [2.45, 2.75) is 46.0 Å². The van der Waals surface area contributed by atoms with E-state index in [0.29, 0.717) is 25.4 Å². The highest BCUT2D eigenvalue weighted by Crippen LogP contribution is 2.30. The summed E-state index contributed by atoms with van der Waals surface area (Å²) < 4.78 is 5.19. The van der Waals surface area contributed by atoms with E-state index in [1.54, 1.807) is 0 Å². The molecule has 3 N–H and O–H groups in total. The predicted octanol–water partition coefficient (Wildman–Crippen LogP) is 1.44. The van der Waals surface area contributed by atoms with E-state index in [0.717, 1.165) is 19.3 Å². The summed E-state index contributed by atoms with van der Waals surface area (Å²) in [5, 5.41) is 24.2. The van der Waals surface area contributed by atoms with Crippen LogP contribution in [0, 0.1) is 17.8 Å². The summed E-state index contributed by atoms with van der Waals surface area (Å²) >= 11 is 0. The van der Waals surface area contributed by atoms with Crippen molar-refractivity contribution >= 4 is 11.9 Å². The number of hydrogen-bond donors (Lipinski definition) is 3. The van der Waals surface area contributed by atoms with Crippen LogP contribution >= 0.6 is 0 Å². The van der Waals surface area contributed by atoms with Crippen LogP contribution < -0.4 is 0 Å². The quantitative estimate of drug-likeness (QED) is 0.641. The van der Waals surface area contributed by atoms with Crippen LogP contribution in [-0.4, -0.2) is 47.1 Å². The van der Waals surface area contributed by atoms with E-state index in [4.69, 9.17) is 20.1 Å². The number of carboxylic acid groups (broad SMARTS) is 1. The van der Waals surface area contributed by atoms with Gasteiger partial charge >= 0.3 is 11.9 Å². The van der Waals surface area contributed by atoms with Gasteiger partial charge in [-0.15, -0.1) is 0 Å². The minimum atomic E-state index is -0.787. The van der Waals surface area contributed by atoms with E-state index in [1.807, 2.05) is 0 Å². The summed E-state index contributed by atoms with van der Waals surface area (Å²) in [5.41, 5.74) is 0. The molecule has 1 rings (SSSR count). The fourth-order valence-corrected chi connectivity index (χ4v) is 2.14. The molecular weight excluding hydrogens is 276 g/mol. The fraction of sp³-hybridized carbons (Fsp3) is 0.867. The lowest BCUT2D eigenvalue weighted by Gasteiger charge is -2.25. The Balaban J connectivity index is 0.000000885. The Morgan fingerprint density at radius 2 is 1.71 bits per heavy atom. The molecule has 124 valence electrons. The summed E-state index contributed by atoms with van der Waals surface area (Å²) in [6, 6.07) is 0. The summed E-state index contributed by atoms with van der Waals surface area (Å²) in [6.45, 7) is 4.36. The molecule has 0 amide bonds. The summed E-state index contributed by atoms with van der Waals surface area (Å²) in [5.74, 6) is -1.06. The number of aliphatic hydroxyl groups is 2. The molecule has 0 saturated heterocycles. The maximum Gasteiger partial charge on any atom is 0.308 e. The molecule has 0 aromatic rings. The smallest absolute Gasteiger partial charge is 0.308 e. The van der Waals surface area contributed by atoms with Crippen LogP contribution in [0.15, 0.2) is 0 Å². The van der Waals surface area contributed by atoms with E-state index in [9.17, 15) is 9.59 Å². The second-order valence-corrected chi connectivity index (χ2v) is 5.70. The molecule has 0 bridgehead atoms. The maximum atomic E-state index is 11.7. The van der Waals surface area contributed by atoms with Crippen molar-refractivity contribution in [3.05, 3.63) is 0 Å². The van der Waals surface area contributed by atoms with Crippen molar-refractivity contribution in [3.8, 4) is 0 Å². The number of aliphatic hydroxyl groups excluding tert-OH is 2. The number of esters is 1. The van der Waals surface area contributed by atoms with Crippen molar-refractivity contribution in [3.63, 3.8) is 0 Å². The van der Waals surface area contributed by atoms with Crippen molar-refractivity contribution < 1.29 is 29.6 Å². The molecule has 6 heteroatoms. The number of aliphatic carboxylic acids is 1. The monoisotopic (exact) mass is 304 g/mol. The number of ether oxygens (including phenoxy) is 1. The predicted molar refractivity (Wildman–Crippen MR) is 77.7 cm³/mol. The third-order valence-electron chi connectivity index (χ3n) is 3.40. The van der Waals surface area contributed by atoms with Crippen LogP contribution in [-0.2, 0) is 14.3 Å². The standard InChI is InChI=1S/C13H22O4.C2H6O2/c1-9(2)6-7-17-13(16)11-5-3-4-10(8-11)12(14)15;3-1-2-4/h9-11H,3-8H2,1-2H3,(H,14,15);3-4H,1-2H2. The molecule has 0 aliphatic heterocycles. The topological polar surface area (TPSA) is 104 Å². The molecule has 0 spiro atoms. The van der Waals surface area contributed by atoms with Gasteiger partial charge in [-0.1, -0.05) is 20.3 Å². The van der Waals surface area contributed by atoms with Crippen LogP contribution in [0.2, 0.25) is 0 Å². The first-order valence-electron chi connectivity index (χ1n) is 7.53. The molecule has 2 atom stereocenters. The van der Waals surface area contributed by atoms with Crippen LogP contribution in [0.3, 0.4) is 0 Å². The number of hydrogen-bond acceptors (Lipinski definition) is 5. The number of carbonyl (C=O) groups excluding carboxylic acids is 1. The van der Waals surface area contributed by atoms with Crippen LogP contribution in [0.25, 0.3) is 0 Å². The van der Waals surface area contributed by atoms with Crippen LogP contribution in [0.5, 0.6) is 0 Å². The van der Waals surface area contributed by atoms with Crippen LogP contribution in [0.4, 0.5) is 0 Å². The van der Waals surface area contributed by atoms with Crippen molar-refractivity contribution in [1.29, 1.82) is 0 Å². The normalized spacial score (nSPS) is 21.4. The van der Waals surface area contributed by atoms with Gasteiger partial charge in [-0.05, 0) is 31.6 Å². The Labute approximate surface area is 126 Å². The molecule has 0 heterocycles. The highest BCUT2D eigenvalue weighted by atomic mass is 16.5. The molecule has 0 aromatic heterocycles. The molecule has 1 aliphatic carbocycles. The minimum absolute atomic E-state index is 0.125. The van der Waals surface area contributed by atoms with Crippen molar-refractivity contribution in [2.75, 3.05) is 19.8 Å². The summed E-state index contributed by atoms with van der Waals surface area (Å²) in [6.07, 6.45) is 3.56. The number of carboxylic acids is 1. The van der Waals surface area contributed by atoms with E-state index in [-0.39, 0.29) is 31.0 Å². The minimum Gasteiger partial charge on any atom is -0.481 e. The van der Waals surface area contributed by atoms with E-state index >= 15 is 0 Å². The molecule has 21 heavy (non-hydrogen) atoms. The van der Waals surface area contributed by atoms with Crippen LogP contribution in [0.1, 0.15) is 46.0 Å². The Morgan fingerprint density at radius 1 is 1.14 bits per heavy atom. The van der Waals surface area contributed by atoms with E-state index in [1.165, 1.54) is 0 Å². The maximum absolute atomic E-state index is 11.7. The van der Waals surface area contributed by atoms with Gasteiger partial charge < -0.3 is 20.1 Å². The average Bonchev–Trinajstić information content (AvgIpc) is 2.47. The first-order chi connectivity index (χ1) is 9.92. The Hall–Kier alpha value is -1.14. The Kier molecular flexibility index (Phi) is 10.9. The lowest BCUT2D eigenvalue weighted by molar-refractivity contribution is -0.152. The van der Waals surface area contributed by atoms with Gasteiger partial charge in [-0.25, -0.2) is 0 Å². The number of carbonyl (C=O) groups is 2. The molecular formula is C15H28O6. The summed E-state index contributed by atoms with van der Waals surface area (Å²) in [7, 11) is 0. The molecule has 0 radical (unpaired) electrons. The third kappa shape index (κ3) is 9.42. The summed E-state index contributed by atoms with van der Waals surface area (Å²) in [4.78, 5) is 22.6. The lowest BCUT2D eigenvalue weighted by atomic mass is 9.81. The van der Waals surface area contributed by atoms with Gasteiger partial charge in [0.15, 0.2) is 0 Å². The molecule has 0 aromatic carbocycles. The molecule has 6 nitrogen and oxygen atoms in total. The first-order valence-corrected chi connectivity index (χ1v) is 7.53. The first kappa shape index (κ1) is 19.9. The Bertz CT molecular complexity index is 301. The van der Waals surface area contributed by atoms with Gasteiger partial charge in [0.1, 0.15) is 0 Å². The third-order valence-corrected chi connectivity index (χ3v) is 3.40. The molecule has 1 aliphatic rings. The zero-order valence-electron chi connectivity index (χ0n) is 13.0. The van der Waals surface area contributed by atoms with Gasteiger partial charge in [0, 0.05) is 0 Å². The van der Waals surface area contributed by atoms with Gasteiger partial charge in [-0.3, -0.25) is 9.59 Å². The average molecular weight is 304 g/mol. The van der Waals surface area contributed by atoms with E-state index in [2.05, 4.69) is 13.8 Å². The SMILES string of the molecule is CC(C)CCOC(=O)C1CCCC(C(=O)O)C1.OCCO. The highest BCUT2D eigenvalue weighted by molar-refractivity contribution is 5.75. The second-order valence-electron chi connectivity index (χ2n) is 5.70. The van der Waals surface area contributed by atoms with E-state index < -0.39 is 5.97 Å². The molecule has 2 unspecified atom stereocenters. The lowest BCUT2D eigenvalue weighted by Crippen LogP contribution is -2.28. The Morgan fingerprint density at radius 3 is 2.19 bits per heavy atom. The van der Waals surface area contributed by atoms with Crippen molar-refractivity contribution in [2.24, 2.45) is 17.8 Å². The van der Waals surface area contributed by atoms with Gasteiger partial charge in [0.05, 0.1) is 31.7 Å². The van der Waals surface area contributed by atoms with Gasteiger partial charge in [0.2, 0.25) is 0 Å². The molecule has 1 saturated carbocycles. The van der Waals surface area contributed by atoms with Gasteiger partial charge in [0.25, 0.3) is 0 Å². The zero-order valence-corrected chi connectivity index (χ0v) is 13.0. The van der Waals surface area contributed by atoms with Crippen molar-refractivity contribution in [1.82, 2.24) is 0 Å². The highest BCUT2D eigenvalue weighted by Gasteiger charge is 2.31. The van der Waals surface area contributed by atoms with Gasteiger partial charge in [-0.2, -0.15) is 0 Å². The second kappa shape index (κ2) is 11.5. The largest absolute Gasteiger partial charge is 0.481 e. The molecule has 1 fully saturated rings.